The smallest absolute Gasteiger partial charge is 0.342 e. The molecule has 0 bridgehead atoms. The van der Waals surface area contributed by atoms with E-state index in [-0.39, 0.29) is 16.8 Å². The number of amides is 1. The fourth-order valence-corrected chi connectivity index (χ4v) is 4.00. The third-order valence-corrected chi connectivity index (χ3v) is 5.56. The lowest BCUT2D eigenvalue weighted by atomic mass is 10.1. The highest BCUT2D eigenvalue weighted by Gasteiger charge is 2.34. The molecule has 4 nitrogen and oxygen atoms in total. The van der Waals surface area contributed by atoms with Crippen molar-refractivity contribution in [1.82, 2.24) is 14.9 Å². The molecule has 1 aromatic carbocycles. The number of benzene rings is 1. The van der Waals surface area contributed by atoms with Crippen molar-refractivity contribution in [3.05, 3.63) is 42.1 Å². The molecule has 1 aliphatic rings. The van der Waals surface area contributed by atoms with Gasteiger partial charge in [0.2, 0.25) is 5.91 Å². The number of aromatic nitrogens is 2. The van der Waals surface area contributed by atoms with Crippen LogP contribution >= 0.6 is 11.8 Å². The highest BCUT2D eigenvalue weighted by molar-refractivity contribution is 8.00. The maximum atomic E-state index is 13.3. The lowest BCUT2D eigenvalue weighted by Gasteiger charge is -2.23. The van der Waals surface area contributed by atoms with E-state index in [4.69, 9.17) is 0 Å². The summed E-state index contributed by atoms with van der Waals surface area (Å²) >= 11 is 0.978. The summed E-state index contributed by atoms with van der Waals surface area (Å²) in [5, 5.41) is -0.588. The molecule has 0 unspecified atom stereocenters. The third-order valence-electron chi connectivity index (χ3n) is 4.61. The SMILES string of the molecule is C[C@@H](Sc1nc(-c2ccccc2)cc(C(F)(F)F)n1)C(=O)N1CCCCCC1. The first-order chi connectivity index (χ1) is 13.3. The highest BCUT2D eigenvalue weighted by atomic mass is 32.2. The van der Waals surface area contributed by atoms with Gasteiger partial charge in [0.05, 0.1) is 10.9 Å². The molecule has 1 atom stereocenters. The summed E-state index contributed by atoms with van der Waals surface area (Å²) in [7, 11) is 0. The normalized spacial score (nSPS) is 16.5. The molecular formula is C20H22F3N3OS. The number of halogens is 3. The maximum Gasteiger partial charge on any atom is 0.433 e. The average molecular weight is 409 g/mol. The molecule has 0 N–H and O–H groups in total. The van der Waals surface area contributed by atoms with E-state index in [0.29, 0.717) is 18.7 Å². The molecule has 1 fully saturated rings. The largest absolute Gasteiger partial charge is 0.433 e. The van der Waals surface area contributed by atoms with Crippen LogP contribution < -0.4 is 0 Å². The Labute approximate surface area is 166 Å². The van der Waals surface area contributed by atoms with E-state index in [2.05, 4.69) is 9.97 Å². The minimum Gasteiger partial charge on any atom is -0.342 e. The number of hydrogen-bond donors (Lipinski definition) is 0. The van der Waals surface area contributed by atoms with Crippen LogP contribution in [-0.2, 0) is 11.0 Å². The molecule has 0 aliphatic carbocycles. The molecule has 0 spiro atoms. The second-order valence-electron chi connectivity index (χ2n) is 6.78. The van der Waals surface area contributed by atoms with Gasteiger partial charge in [-0.1, -0.05) is 54.9 Å². The van der Waals surface area contributed by atoms with E-state index >= 15 is 0 Å². The zero-order valence-electron chi connectivity index (χ0n) is 15.6. The van der Waals surface area contributed by atoms with Crippen LogP contribution in [0.2, 0.25) is 0 Å². The summed E-state index contributed by atoms with van der Waals surface area (Å²) in [5.74, 6) is -0.0748. The van der Waals surface area contributed by atoms with Crippen LogP contribution in [0, 0.1) is 0 Å². The average Bonchev–Trinajstić information content (AvgIpc) is 2.96. The Morgan fingerprint density at radius 3 is 2.32 bits per heavy atom. The van der Waals surface area contributed by atoms with Crippen LogP contribution in [0.4, 0.5) is 13.2 Å². The first-order valence-electron chi connectivity index (χ1n) is 9.32. The molecule has 150 valence electrons. The van der Waals surface area contributed by atoms with E-state index in [1.54, 1.807) is 42.2 Å². The molecule has 28 heavy (non-hydrogen) atoms. The summed E-state index contributed by atoms with van der Waals surface area (Å²) in [6.45, 7) is 3.09. The number of hydrogen-bond acceptors (Lipinski definition) is 4. The Bertz CT molecular complexity index is 806. The van der Waals surface area contributed by atoms with Crippen molar-refractivity contribution in [2.75, 3.05) is 13.1 Å². The summed E-state index contributed by atoms with van der Waals surface area (Å²) < 4.78 is 40.0. The Morgan fingerprint density at radius 2 is 1.71 bits per heavy atom. The van der Waals surface area contributed by atoms with Crippen LogP contribution in [0.3, 0.4) is 0 Å². The number of likely N-dealkylation sites (tertiary alicyclic amines) is 1. The molecule has 3 rings (SSSR count). The minimum absolute atomic E-state index is 0.0376. The maximum absolute atomic E-state index is 13.3. The molecule has 2 aromatic rings. The molecule has 2 heterocycles. The standard InChI is InChI=1S/C20H22F3N3OS/c1-14(18(27)26-11-7-2-3-8-12-26)28-19-24-16(15-9-5-4-6-10-15)13-17(25-19)20(21,22)23/h4-6,9-10,13-14H,2-3,7-8,11-12H2,1H3/t14-/m1/s1. The van der Waals surface area contributed by atoms with Gasteiger partial charge in [0, 0.05) is 18.7 Å². The third kappa shape index (κ3) is 5.25. The predicted molar refractivity (Wildman–Crippen MR) is 103 cm³/mol. The van der Waals surface area contributed by atoms with Gasteiger partial charge in [0.25, 0.3) is 0 Å². The fraction of sp³-hybridized carbons (Fsp3) is 0.450. The van der Waals surface area contributed by atoms with Gasteiger partial charge in [-0.25, -0.2) is 9.97 Å². The minimum atomic E-state index is -4.58. The van der Waals surface area contributed by atoms with Crippen LogP contribution in [0.15, 0.2) is 41.6 Å². The Balaban J connectivity index is 1.85. The van der Waals surface area contributed by atoms with Gasteiger partial charge in [0.1, 0.15) is 5.69 Å². The monoisotopic (exact) mass is 409 g/mol. The van der Waals surface area contributed by atoms with Gasteiger partial charge < -0.3 is 4.90 Å². The number of carbonyl (C=O) groups is 1. The zero-order chi connectivity index (χ0) is 20.1. The molecule has 1 saturated heterocycles. The highest BCUT2D eigenvalue weighted by Crippen LogP contribution is 2.33. The van der Waals surface area contributed by atoms with Crippen LogP contribution in [0.1, 0.15) is 38.3 Å². The molecule has 0 saturated carbocycles. The summed E-state index contributed by atoms with van der Waals surface area (Å²) in [5.41, 5.74) is -0.234. The lowest BCUT2D eigenvalue weighted by Crippen LogP contribution is -2.37. The van der Waals surface area contributed by atoms with Gasteiger partial charge in [0.15, 0.2) is 5.16 Å². The predicted octanol–water partition coefficient (Wildman–Crippen LogP) is 5.05. The summed E-state index contributed by atoms with van der Waals surface area (Å²) in [4.78, 5) is 22.5. The van der Waals surface area contributed by atoms with Crippen LogP contribution in [-0.4, -0.2) is 39.1 Å². The molecule has 1 amide bonds. The van der Waals surface area contributed by atoms with Gasteiger partial charge in [-0.15, -0.1) is 0 Å². The lowest BCUT2D eigenvalue weighted by molar-refractivity contribution is -0.141. The van der Waals surface area contributed by atoms with Crippen LogP contribution in [0.5, 0.6) is 0 Å². The van der Waals surface area contributed by atoms with Crippen LogP contribution in [0.25, 0.3) is 11.3 Å². The first-order valence-corrected chi connectivity index (χ1v) is 10.2. The van der Waals surface area contributed by atoms with Crippen molar-refractivity contribution >= 4 is 17.7 Å². The van der Waals surface area contributed by atoms with E-state index in [0.717, 1.165) is 43.5 Å². The van der Waals surface area contributed by atoms with Gasteiger partial charge in [-0.3, -0.25) is 4.79 Å². The van der Waals surface area contributed by atoms with Gasteiger partial charge in [-0.05, 0) is 25.8 Å². The van der Waals surface area contributed by atoms with Crippen molar-refractivity contribution in [1.29, 1.82) is 0 Å². The zero-order valence-corrected chi connectivity index (χ0v) is 16.4. The molecule has 1 aliphatic heterocycles. The Hall–Kier alpha value is -2.09. The second-order valence-corrected chi connectivity index (χ2v) is 8.09. The topological polar surface area (TPSA) is 46.1 Å². The molecule has 1 aromatic heterocycles. The van der Waals surface area contributed by atoms with E-state index in [9.17, 15) is 18.0 Å². The number of nitrogens with zero attached hydrogens (tertiary/aromatic N) is 3. The quantitative estimate of drug-likeness (QED) is 0.524. The fourth-order valence-electron chi connectivity index (χ4n) is 3.14. The van der Waals surface area contributed by atoms with E-state index < -0.39 is 17.1 Å². The number of alkyl halides is 3. The Kier molecular flexibility index (Phi) is 6.59. The van der Waals surface area contributed by atoms with Crippen molar-refractivity contribution in [2.24, 2.45) is 0 Å². The van der Waals surface area contributed by atoms with E-state index in [1.165, 1.54) is 0 Å². The van der Waals surface area contributed by atoms with Crippen molar-refractivity contribution < 1.29 is 18.0 Å². The van der Waals surface area contributed by atoms with Crippen molar-refractivity contribution in [2.45, 2.75) is 49.2 Å². The summed E-state index contributed by atoms with van der Waals surface area (Å²) in [6.07, 6.45) is -0.465. The molecular weight excluding hydrogens is 387 g/mol. The summed E-state index contributed by atoms with van der Waals surface area (Å²) in [6, 6.07) is 9.60. The molecule has 8 heteroatoms. The van der Waals surface area contributed by atoms with Crippen molar-refractivity contribution in [3.63, 3.8) is 0 Å². The number of thioether (sulfide) groups is 1. The van der Waals surface area contributed by atoms with Gasteiger partial charge >= 0.3 is 6.18 Å². The van der Waals surface area contributed by atoms with Crippen molar-refractivity contribution in [3.8, 4) is 11.3 Å². The van der Waals surface area contributed by atoms with E-state index in [1.807, 2.05) is 0 Å². The Morgan fingerprint density at radius 1 is 1.07 bits per heavy atom. The number of rotatable bonds is 4. The first kappa shape index (κ1) is 20.6. The van der Waals surface area contributed by atoms with Gasteiger partial charge in [-0.2, -0.15) is 13.2 Å². The molecule has 0 radical (unpaired) electrons. The number of carbonyl (C=O) groups excluding carboxylic acids is 1. The second kappa shape index (κ2) is 8.94.